The topological polar surface area (TPSA) is 94.1 Å². The zero-order valence-electron chi connectivity index (χ0n) is 10.4. The van der Waals surface area contributed by atoms with E-state index in [1.807, 2.05) is 19.1 Å². The fourth-order valence-electron chi connectivity index (χ4n) is 1.76. The molecule has 0 aliphatic carbocycles. The van der Waals surface area contributed by atoms with Crippen LogP contribution in [0.15, 0.2) is 42.7 Å². The normalized spacial score (nSPS) is 11.8. The van der Waals surface area contributed by atoms with E-state index in [9.17, 15) is 10.1 Å². The number of nitrogens with zero attached hydrogens (tertiary/aromatic N) is 2. The number of anilines is 2. The maximum Gasteiger partial charge on any atom is 0.271 e. The zero-order chi connectivity index (χ0) is 13.8. The summed E-state index contributed by atoms with van der Waals surface area (Å²) in [6.45, 7) is 1.98. The second-order valence-corrected chi connectivity index (χ2v) is 4.18. The Balaban J connectivity index is 2.18. The Labute approximate surface area is 110 Å². The molecule has 1 aromatic carbocycles. The van der Waals surface area contributed by atoms with Crippen LogP contribution in [0.1, 0.15) is 18.5 Å². The molecule has 0 fully saturated rings. The molecule has 1 aromatic heterocycles. The van der Waals surface area contributed by atoms with Crippen molar-refractivity contribution >= 4 is 17.1 Å². The van der Waals surface area contributed by atoms with Gasteiger partial charge >= 0.3 is 0 Å². The molecule has 0 saturated carbocycles. The highest BCUT2D eigenvalue weighted by molar-refractivity contribution is 5.69. The van der Waals surface area contributed by atoms with Crippen LogP contribution in [0.3, 0.4) is 0 Å². The van der Waals surface area contributed by atoms with Crippen LogP contribution >= 0.6 is 0 Å². The minimum atomic E-state index is -0.466. The first kappa shape index (κ1) is 12.8. The second-order valence-electron chi connectivity index (χ2n) is 4.18. The molecule has 1 unspecified atom stereocenters. The number of nitrogens with two attached hydrogens (primary N) is 1. The van der Waals surface area contributed by atoms with Crippen molar-refractivity contribution in [3.63, 3.8) is 0 Å². The van der Waals surface area contributed by atoms with Crippen molar-refractivity contribution in [2.24, 2.45) is 0 Å². The number of non-ortho nitro benzene ring substituents is 1. The van der Waals surface area contributed by atoms with Gasteiger partial charge in [-0.25, -0.2) is 0 Å². The summed E-state index contributed by atoms with van der Waals surface area (Å²) in [6, 6.07) is 8.23. The summed E-state index contributed by atoms with van der Waals surface area (Å²) in [4.78, 5) is 14.1. The number of pyridine rings is 1. The van der Waals surface area contributed by atoms with E-state index in [4.69, 9.17) is 5.73 Å². The number of nitrogens with one attached hydrogen (secondary N) is 1. The maximum absolute atomic E-state index is 10.6. The highest BCUT2D eigenvalue weighted by atomic mass is 16.6. The van der Waals surface area contributed by atoms with Gasteiger partial charge in [-0.1, -0.05) is 0 Å². The number of nitrogen functional groups attached to an aromatic ring is 1. The molecular weight excluding hydrogens is 244 g/mol. The summed E-state index contributed by atoms with van der Waals surface area (Å²) in [5.74, 6) is 0. The van der Waals surface area contributed by atoms with E-state index in [2.05, 4.69) is 10.3 Å². The Morgan fingerprint density at radius 3 is 2.58 bits per heavy atom. The lowest BCUT2D eigenvalue weighted by molar-refractivity contribution is -0.384. The van der Waals surface area contributed by atoms with E-state index in [0.29, 0.717) is 11.4 Å². The fraction of sp³-hybridized carbons (Fsp3) is 0.154. The number of hydrogen-bond donors (Lipinski definition) is 2. The second kappa shape index (κ2) is 5.34. The van der Waals surface area contributed by atoms with Crippen LogP contribution in [0.5, 0.6) is 0 Å². The fourth-order valence-corrected chi connectivity index (χ4v) is 1.76. The van der Waals surface area contributed by atoms with Crippen molar-refractivity contribution in [3.05, 3.63) is 58.4 Å². The highest BCUT2D eigenvalue weighted by Crippen LogP contribution is 2.27. The molecule has 0 aliphatic rings. The Morgan fingerprint density at radius 1 is 1.32 bits per heavy atom. The minimum absolute atomic E-state index is 0.0142. The van der Waals surface area contributed by atoms with Gasteiger partial charge in [0.25, 0.3) is 5.69 Å². The molecule has 0 radical (unpaired) electrons. The lowest BCUT2D eigenvalue weighted by atomic mass is 10.1. The van der Waals surface area contributed by atoms with Gasteiger partial charge in [0.05, 0.1) is 16.3 Å². The lowest BCUT2D eigenvalue weighted by Gasteiger charge is -2.16. The third-order valence-corrected chi connectivity index (χ3v) is 2.82. The van der Waals surface area contributed by atoms with Gasteiger partial charge in [0.1, 0.15) is 0 Å². The quantitative estimate of drug-likeness (QED) is 0.499. The molecule has 0 aliphatic heterocycles. The van der Waals surface area contributed by atoms with Crippen LogP contribution in [0, 0.1) is 10.1 Å². The number of nitro benzene ring substituents is 1. The van der Waals surface area contributed by atoms with Gasteiger partial charge < -0.3 is 11.1 Å². The zero-order valence-corrected chi connectivity index (χ0v) is 10.4. The van der Waals surface area contributed by atoms with Crippen LogP contribution in [-0.4, -0.2) is 9.91 Å². The molecule has 6 nitrogen and oxygen atoms in total. The maximum atomic E-state index is 10.6. The Hall–Kier alpha value is -2.63. The van der Waals surface area contributed by atoms with Gasteiger partial charge in [-0.3, -0.25) is 15.1 Å². The van der Waals surface area contributed by atoms with Crippen molar-refractivity contribution in [1.29, 1.82) is 0 Å². The molecule has 0 amide bonds. The third-order valence-electron chi connectivity index (χ3n) is 2.82. The number of rotatable bonds is 4. The molecule has 0 saturated heterocycles. The van der Waals surface area contributed by atoms with E-state index in [-0.39, 0.29) is 11.7 Å². The van der Waals surface area contributed by atoms with Gasteiger partial charge in [-0.05, 0) is 30.7 Å². The first-order valence-corrected chi connectivity index (χ1v) is 5.78. The van der Waals surface area contributed by atoms with Crippen LogP contribution < -0.4 is 11.1 Å². The van der Waals surface area contributed by atoms with Gasteiger partial charge in [0.15, 0.2) is 0 Å². The van der Waals surface area contributed by atoms with Gasteiger partial charge in [0, 0.05) is 30.6 Å². The number of hydrogen-bond acceptors (Lipinski definition) is 5. The average molecular weight is 258 g/mol. The number of aromatic nitrogens is 1. The van der Waals surface area contributed by atoms with Gasteiger partial charge in [0.2, 0.25) is 0 Å². The predicted octanol–water partition coefficient (Wildman–Crippen LogP) is 2.75. The first-order chi connectivity index (χ1) is 9.08. The molecule has 3 N–H and O–H groups in total. The van der Waals surface area contributed by atoms with Crippen molar-refractivity contribution in [2.45, 2.75) is 13.0 Å². The van der Waals surface area contributed by atoms with Gasteiger partial charge in [-0.2, -0.15) is 0 Å². The Bertz CT molecular complexity index is 586. The van der Waals surface area contributed by atoms with Crippen molar-refractivity contribution in [2.75, 3.05) is 11.1 Å². The number of benzene rings is 1. The molecular formula is C13H14N4O2. The van der Waals surface area contributed by atoms with E-state index in [0.717, 1.165) is 5.56 Å². The molecule has 1 atom stereocenters. The largest absolute Gasteiger partial charge is 0.397 e. The monoisotopic (exact) mass is 258 g/mol. The van der Waals surface area contributed by atoms with E-state index < -0.39 is 4.92 Å². The smallest absolute Gasteiger partial charge is 0.271 e. The van der Waals surface area contributed by atoms with E-state index in [1.165, 1.54) is 12.1 Å². The Kier molecular flexibility index (Phi) is 3.61. The Morgan fingerprint density at radius 2 is 2.00 bits per heavy atom. The summed E-state index contributed by atoms with van der Waals surface area (Å²) in [5, 5.41) is 13.8. The first-order valence-electron chi connectivity index (χ1n) is 5.78. The molecule has 0 spiro atoms. The SMILES string of the molecule is CC(Nc1ccc([N+](=O)[O-])cc1N)c1ccncc1. The third kappa shape index (κ3) is 2.98. The van der Waals surface area contributed by atoms with E-state index in [1.54, 1.807) is 18.5 Å². The molecule has 6 heteroatoms. The summed E-state index contributed by atoms with van der Waals surface area (Å²) in [5.41, 5.74) is 7.89. The van der Waals surface area contributed by atoms with Crippen LogP contribution in [-0.2, 0) is 0 Å². The molecule has 0 bridgehead atoms. The number of nitro groups is 1. The summed E-state index contributed by atoms with van der Waals surface area (Å²) >= 11 is 0. The van der Waals surface area contributed by atoms with Crippen molar-refractivity contribution in [1.82, 2.24) is 4.98 Å². The molecule has 98 valence electrons. The molecule has 2 rings (SSSR count). The van der Waals surface area contributed by atoms with Crippen LogP contribution in [0.4, 0.5) is 17.1 Å². The lowest BCUT2D eigenvalue weighted by Crippen LogP contribution is -2.08. The van der Waals surface area contributed by atoms with Crippen LogP contribution in [0.25, 0.3) is 0 Å². The molecule has 1 heterocycles. The summed E-state index contributed by atoms with van der Waals surface area (Å²) in [7, 11) is 0. The van der Waals surface area contributed by atoms with Crippen molar-refractivity contribution in [3.8, 4) is 0 Å². The van der Waals surface area contributed by atoms with Crippen LogP contribution in [0.2, 0.25) is 0 Å². The highest BCUT2D eigenvalue weighted by Gasteiger charge is 2.11. The average Bonchev–Trinajstić information content (AvgIpc) is 2.41. The molecule has 19 heavy (non-hydrogen) atoms. The summed E-state index contributed by atoms with van der Waals surface area (Å²) in [6.07, 6.45) is 3.43. The standard InChI is InChI=1S/C13H14N4O2/c1-9(10-4-6-15-7-5-10)16-13-3-2-11(17(18)19)8-12(13)14/h2-9,16H,14H2,1H3. The summed E-state index contributed by atoms with van der Waals surface area (Å²) < 4.78 is 0. The molecule has 2 aromatic rings. The van der Waals surface area contributed by atoms with E-state index >= 15 is 0 Å². The minimum Gasteiger partial charge on any atom is -0.397 e. The predicted molar refractivity (Wildman–Crippen MR) is 73.8 cm³/mol. The van der Waals surface area contributed by atoms with Gasteiger partial charge in [-0.15, -0.1) is 0 Å². The van der Waals surface area contributed by atoms with Crippen molar-refractivity contribution < 1.29 is 4.92 Å².